The number of phosphoric ester groups is 1. The monoisotopic (exact) mass is 604 g/mol. The third-order valence-electron chi connectivity index (χ3n) is 6.83. The molecule has 4 unspecified atom stereocenters. The van der Waals surface area contributed by atoms with Crippen molar-refractivity contribution in [3.63, 3.8) is 0 Å². The van der Waals surface area contributed by atoms with E-state index in [0.717, 1.165) is 38.5 Å². The standard InChI is InChI=1S/C31H61N2O7P/c1-3-5-7-9-11-13-14-15-16-18-20-22-28(34)26-31(36)33-29(27-40-41(37,38)39-25-24-32)30(35)23-21-19-17-12-10-8-6-4-2/h15-16,21,23,28-30,34-35H,3-14,17-20,22,24-27,32H2,1-2H3,(H,33,36)(H,37,38)/b16-15-,23-21+. The number of allylic oxidation sites excluding steroid dienone is 3. The minimum absolute atomic E-state index is 0.0463. The SMILES string of the molecule is CCCCCCCC/C=C\CCCC(O)CC(=O)NC(COP(=O)(O)OCCN)C(O)/C=C/CCCCCCCC. The molecule has 0 saturated heterocycles. The van der Waals surface area contributed by atoms with Gasteiger partial charge in [0.05, 0.1) is 37.9 Å². The van der Waals surface area contributed by atoms with Crippen molar-refractivity contribution < 1.29 is 33.5 Å². The minimum Gasteiger partial charge on any atom is -0.393 e. The van der Waals surface area contributed by atoms with Gasteiger partial charge in [0.25, 0.3) is 0 Å². The van der Waals surface area contributed by atoms with Crippen LogP contribution in [0.25, 0.3) is 0 Å². The number of nitrogens with two attached hydrogens (primary N) is 1. The predicted octanol–water partition coefficient (Wildman–Crippen LogP) is 6.46. The molecule has 0 saturated carbocycles. The summed E-state index contributed by atoms with van der Waals surface area (Å²) in [5.41, 5.74) is 5.31. The van der Waals surface area contributed by atoms with E-state index in [1.165, 1.54) is 64.2 Å². The second kappa shape index (κ2) is 27.8. The highest BCUT2D eigenvalue weighted by Gasteiger charge is 2.27. The summed E-state index contributed by atoms with van der Waals surface area (Å²) in [5.74, 6) is -0.469. The molecule has 0 radical (unpaired) electrons. The molecule has 9 nitrogen and oxygen atoms in total. The molecule has 10 heteroatoms. The van der Waals surface area contributed by atoms with E-state index in [-0.39, 0.29) is 19.6 Å². The smallest absolute Gasteiger partial charge is 0.393 e. The van der Waals surface area contributed by atoms with E-state index in [1.807, 2.05) is 6.08 Å². The maximum absolute atomic E-state index is 12.6. The Morgan fingerprint density at radius 2 is 1.37 bits per heavy atom. The Hall–Kier alpha value is -1.06. The Labute approximate surface area is 250 Å². The lowest BCUT2D eigenvalue weighted by atomic mass is 10.1. The normalized spacial score (nSPS) is 15.8. The summed E-state index contributed by atoms with van der Waals surface area (Å²) in [5, 5.41) is 23.7. The van der Waals surface area contributed by atoms with E-state index < -0.39 is 38.6 Å². The maximum Gasteiger partial charge on any atom is 0.472 e. The number of aliphatic hydroxyl groups excluding tert-OH is 2. The fraction of sp³-hybridized carbons (Fsp3) is 0.839. The van der Waals surface area contributed by atoms with Crippen LogP contribution in [0.1, 0.15) is 129 Å². The summed E-state index contributed by atoms with van der Waals surface area (Å²) in [4.78, 5) is 22.4. The van der Waals surface area contributed by atoms with E-state index in [4.69, 9.17) is 14.8 Å². The molecule has 4 atom stereocenters. The molecule has 0 rings (SSSR count). The van der Waals surface area contributed by atoms with Crippen molar-refractivity contribution in [2.75, 3.05) is 19.8 Å². The lowest BCUT2D eigenvalue weighted by Crippen LogP contribution is -2.46. The lowest BCUT2D eigenvalue weighted by molar-refractivity contribution is -0.124. The second-order valence-electron chi connectivity index (χ2n) is 10.9. The van der Waals surface area contributed by atoms with Gasteiger partial charge in [-0.1, -0.05) is 102 Å². The number of amides is 1. The number of carbonyl (C=O) groups excluding carboxylic acids is 1. The molecule has 1 amide bonds. The van der Waals surface area contributed by atoms with Crippen molar-refractivity contribution in [1.29, 1.82) is 0 Å². The average Bonchev–Trinajstić information content (AvgIpc) is 2.94. The summed E-state index contributed by atoms with van der Waals surface area (Å²) in [7, 11) is -4.38. The van der Waals surface area contributed by atoms with Crippen LogP contribution >= 0.6 is 7.82 Å². The van der Waals surface area contributed by atoms with E-state index >= 15 is 0 Å². The number of aliphatic hydroxyl groups is 2. The molecular weight excluding hydrogens is 543 g/mol. The highest BCUT2D eigenvalue weighted by Crippen LogP contribution is 2.43. The van der Waals surface area contributed by atoms with Gasteiger partial charge in [0.2, 0.25) is 5.91 Å². The van der Waals surface area contributed by atoms with Gasteiger partial charge in [0.1, 0.15) is 0 Å². The highest BCUT2D eigenvalue weighted by molar-refractivity contribution is 7.47. The van der Waals surface area contributed by atoms with Gasteiger partial charge in [-0.15, -0.1) is 0 Å². The van der Waals surface area contributed by atoms with Crippen LogP contribution in [-0.4, -0.2) is 59.0 Å². The van der Waals surface area contributed by atoms with Crippen molar-refractivity contribution in [2.24, 2.45) is 5.73 Å². The molecule has 6 N–H and O–H groups in total. The van der Waals surface area contributed by atoms with Gasteiger partial charge >= 0.3 is 7.82 Å². The summed E-state index contributed by atoms with van der Waals surface area (Å²) < 4.78 is 21.8. The van der Waals surface area contributed by atoms with Gasteiger partial charge in [0.15, 0.2) is 0 Å². The van der Waals surface area contributed by atoms with Crippen LogP contribution in [0.5, 0.6) is 0 Å². The van der Waals surface area contributed by atoms with Crippen LogP contribution in [0.4, 0.5) is 0 Å². The molecule has 0 aliphatic heterocycles. The number of rotatable bonds is 29. The summed E-state index contributed by atoms with van der Waals surface area (Å²) in [6, 6.07) is -0.984. The molecule has 0 bridgehead atoms. The number of hydrogen-bond donors (Lipinski definition) is 5. The largest absolute Gasteiger partial charge is 0.472 e. The van der Waals surface area contributed by atoms with Crippen LogP contribution < -0.4 is 11.1 Å². The fourth-order valence-electron chi connectivity index (χ4n) is 4.35. The van der Waals surface area contributed by atoms with Gasteiger partial charge in [0, 0.05) is 6.54 Å². The van der Waals surface area contributed by atoms with Gasteiger partial charge in [-0.05, 0) is 44.9 Å². The van der Waals surface area contributed by atoms with Crippen molar-refractivity contribution >= 4 is 13.7 Å². The molecule has 0 aromatic rings. The topological polar surface area (TPSA) is 151 Å². The first-order valence-electron chi connectivity index (χ1n) is 16.0. The minimum atomic E-state index is -4.38. The Morgan fingerprint density at radius 3 is 1.95 bits per heavy atom. The molecule has 0 aliphatic rings. The number of unbranched alkanes of at least 4 members (excludes halogenated alkanes) is 13. The van der Waals surface area contributed by atoms with E-state index in [0.29, 0.717) is 6.42 Å². The maximum atomic E-state index is 12.6. The predicted molar refractivity (Wildman–Crippen MR) is 167 cm³/mol. The second-order valence-corrected chi connectivity index (χ2v) is 12.3. The van der Waals surface area contributed by atoms with Crippen molar-refractivity contribution in [3.8, 4) is 0 Å². The number of nitrogens with one attached hydrogen (secondary N) is 1. The zero-order valence-electron chi connectivity index (χ0n) is 25.9. The van der Waals surface area contributed by atoms with Gasteiger partial charge in [-0.25, -0.2) is 4.57 Å². The van der Waals surface area contributed by atoms with Crippen molar-refractivity contribution in [3.05, 3.63) is 24.3 Å². The van der Waals surface area contributed by atoms with Gasteiger partial charge < -0.3 is 26.2 Å². The lowest BCUT2D eigenvalue weighted by Gasteiger charge is -2.24. The Morgan fingerprint density at radius 1 is 0.829 bits per heavy atom. The van der Waals surface area contributed by atoms with Crippen molar-refractivity contribution in [1.82, 2.24) is 5.32 Å². The molecule has 242 valence electrons. The first kappa shape index (κ1) is 39.9. The Kier molecular flexibility index (Phi) is 27.0. The zero-order valence-corrected chi connectivity index (χ0v) is 26.8. The van der Waals surface area contributed by atoms with Crippen LogP contribution in [0, 0.1) is 0 Å². The van der Waals surface area contributed by atoms with Crippen molar-refractivity contribution in [2.45, 2.75) is 148 Å². The molecule has 0 fully saturated rings. The highest BCUT2D eigenvalue weighted by atomic mass is 31.2. The third-order valence-corrected chi connectivity index (χ3v) is 7.81. The number of carbonyl (C=O) groups is 1. The Balaban J connectivity index is 4.58. The van der Waals surface area contributed by atoms with Gasteiger partial charge in [-0.2, -0.15) is 0 Å². The van der Waals surface area contributed by atoms with Crippen LogP contribution in [0.2, 0.25) is 0 Å². The molecule has 0 aromatic carbocycles. The Bertz CT molecular complexity index is 721. The molecule has 41 heavy (non-hydrogen) atoms. The number of phosphoric acid groups is 1. The molecule has 0 spiro atoms. The van der Waals surface area contributed by atoms with Crippen LogP contribution in [-0.2, 0) is 18.4 Å². The summed E-state index contributed by atoms with van der Waals surface area (Å²) >= 11 is 0. The van der Waals surface area contributed by atoms with Crippen LogP contribution in [0.15, 0.2) is 24.3 Å². The quantitative estimate of drug-likeness (QED) is 0.0371. The van der Waals surface area contributed by atoms with Gasteiger partial charge in [-0.3, -0.25) is 13.8 Å². The van der Waals surface area contributed by atoms with E-state index in [1.54, 1.807) is 6.08 Å². The number of hydrogen-bond acceptors (Lipinski definition) is 7. The molecule has 0 aliphatic carbocycles. The molecule has 0 heterocycles. The fourth-order valence-corrected chi connectivity index (χ4v) is 5.11. The summed E-state index contributed by atoms with van der Waals surface area (Å²) in [6.45, 7) is 3.85. The first-order chi connectivity index (χ1) is 19.8. The van der Waals surface area contributed by atoms with E-state index in [2.05, 4.69) is 31.3 Å². The third kappa shape index (κ3) is 26.3. The van der Waals surface area contributed by atoms with E-state index in [9.17, 15) is 24.5 Å². The summed E-state index contributed by atoms with van der Waals surface area (Å²) in [6.07, 6.45) is 24.3. The first-order valence-corrected chi connectivity index (χ1v) is 17.5. The molecule has 0 aromatic heterocycles. The molecular formula is C31H61N2O7P. The average molecular weight is 605 g/mol. The van der Waals surface area contributed by atoms with Crippen LogP contribution in [0.3, 0.4) is 0 Å². The zero-order chi connectivity index (χ0) is 30.6.